The molecular formula is C20H15Cl2NO2S2. The van der Waals surface area contributed by atoms with Crippen molar-refractivity contribution in [2.24, 2.45) is 0 Å². The molecule has 3 rings (SSSR count). The summed E-state index contributed by atoms with van der Waals surface area (Å²) in [4.78, 5) is 14.5. The molecule has 0 radical (unpaired) electrons. The molecule has 1 heterocycles. The van der Waals surface area contributed by atoms with Crippen LogP contribution in [-0.2, 0) is 11.4 Å². The van der Waals surface area contributed by atoms with Gasteiger partial charge in [-0.15, -0.1) is 6.58 Å². The Morgan fingerprint density at radius 3 is 2.56 bits per heavy atom. The van der Waals surface area contributed by atoms with Gasteiger partial charge in [0.15, 0.2) is 0 Å². The number of nitrogens with zero attached hydrogens (tertiary/aromatic N) is 1. The average Bonchev–Trinajstić information content (AvgIpc) is 2.92. The molecular weight excluding hydrogens is 421 g/mol. The van der Waals surface area contributed by atoms with E-state index >= 15 is 0 Å². The van der Waals surface area contributed by atoms with E-state index in [0.717, 1.165) is 16.9 Å². The van der Waals surface area contributed by atoms with Crippen LogP contribution in [-0.4, -0.2) is 21.7 Å². The predicted molar refractivity (Wildman–Crippen MR) is 117 cm³/mol. The fraction of sp³-hybridized carbons (Fsp3) is 0.100. The molecule has 3 nitrogen and oxygen atoms in total. The Morgan fingerprint density at radius 2 is 1.89 bits per heavy atom. The van der Waals surface area contributed by atoms with Gasteiger partial charge < -0.3 is 4.74 Å². The highest BCUT2D eigenvalue weighted by Gasteiger charge is 2.30. The molecule has 0 bridgehead atoms. The molecule has 1 aliphatic heterocycles. The topological polar surface area (TPSA) is 29.5 Å². The van der Waals surface area contributed by atoms with Crippen LogP contribution in [0.3, 0.4) is 0 Å². The van der Waals surface area contributed by atoms with Crippen molar-refractivity contribution in [1.29, 1.82) is 0 Å². The van der Waals surface area contributed by atoms with Crippen LogP contribution in [0.2, 0.25) is 10.0 Å². The minimum Gasteiger partial charge on any atom is -0.489 e. The fourth-order valence-electron chi connectivity index (χ4n) is 2.39. The largest absolute Gasteiger partial charge is 0.489 e. The van der Waals surface area contributed by atoms with Gasteiger partial charge in [-0.2, -0.15) is 0 Å². The summed E-state index contributed by atoms with van der Waals surface area (Å²) in [6.45, 7) is 4.46. The molecule has 0 atom stereocenters. The van der Waals surface area contributed by atoms with Gasteiger partial charge >= 0.3 is 0 Å². The third-order valence-corrected chi connectivity index (χ3v) is 5.87. The van der Waals surface area contributed by atoms with E-state index < -0.39 is 0 Å². The Hall–Kier alpha value is -1.79. The summed E-state index contributed by atoms with van der Waals surface area (Å²) in [5.41, 5.74) is 1.83. The minimum absolute atomic E-state index is 0.0927. The van der Waals surface area contributed by atoms with Crippen molar-refractivity contribution in [2.75, 3.05) is 6.54 Å². The van der Waals surface area contributed by atoms with E-state index in [0.29, 0.717) is 32.4 Å². The number of ether oxygens (including phenoxy) is 1. The third-order valence-electron chi connectivity index (χ3n) is 3.75. The molecule has 0 aromatic heterocycles. The molecule has 0 unspecified atom stereocenters. The van der Waals surface area contributed by atoms with Gasteiger partial charge in [-0.25, -0.2) is 0 Å². The molecule has 1 amide bonds. The number of thioether (sulfide) groups is 1. The SMILES string of the molecule is C=CCN1C(=O)/C(=C\c2ccc(OCc3ccc(Cl)c(Cl)c3)cc2)SC1=S. The standard InChI is InChI=1S/C20H15Cl2NO2S2/c1-2-9-23-19(24)18(27-20(23)26)11-13-3-6-15(7-4-13)25-12-14-5-8-16(21)17(22)10-14/h2-8,10-11H,1,9,12H2/b18-11+. The second-order valence-corrected chi connectivity index (χ2v) is 8.18. The van der Waals surface area contributed by atoms with Gasteiger partial charge in [0, 0.05) is 6.54 Å². The summed E-state index contributed by atoms with van der Waals surface area (Å²) in [6.07, 6.45) is 3.48. The monoisotopic (exact) mass is 435 g/mol. The molecule has 7 heteroatoms. The van der Waals surface area contributed by atoms with Gasteiger partial charge in [0.1, 0.15) is 16.7 Å². The van der Waals surface area contributed by atoms with Crippen molar-refractivity contribution in [1.82, 2.24) is 4.90 Å². The number of rotatable bonds is 6. The summed E-state index contributed by atoms with van der Waals surface area (Å²) >= 11 is 18.5. The Kier molecular flexibility index (Phi) is 6.60. The molecule has 2 aromatic rings. The number of carbonyl (C=O) groups excluding carboxylic acids is 1. The number of benzene rings is 2. The van der Waals surface area contributed by atoms with E-state index in [-0.39, 0.29) is 5.91 Å². The summed E-state index contributed by atoms with van der Waals surface area (Å²) in [5, 5.41) is 1.02. The van der Waals surface area contributed by atoms with Crippen LogP contribution in [0.5, 0.6) is 5.75 Å². The van der Waals surface area contributed by atoms with Crippen molar-refractivity contribution in [3.8, 4) is 5.75 Å². The highest BCUT2D eigenvalue weighted by atomic mass is 35.5. The molecule has 0 saturated carbocycles. The minimum atomic E-state index is -0.0927. The molecule has 0 N–H and O–H groups in total. The van der Waals surface area contributed by atoms with Crippen LogP contribution in [0, 0.1) is 0 Å². The number of hydrogen-bond donors (Lipinski definition) is 0. The number of amides is 1. The first-order valence-electron chi connectivity index (χ1n) is 8.01. The second kappa shape index (κ2) is 8.93. The summed E-state index contributed by atoms with van der Waals surface area (Å²) in [7, 11) is 0. The molecule has 0 spiro atoms. The maximum absolute atomic E-state index is 12.3. The average molecular weight is 436 g/mol. The highest BCUT2D eigenvalue weighted by Crippen LogP contribution is 2.32. The first kappa shape index (κ1) is 20.0. The zero-order valence-electron chi connectivity index (χ0n) is 14.2. The zero-order valence-corrected chi connectivity index (χ0v) is 17.3. The molecule has 2 aromatic carbocycles. The van der Waals surface area contributed by atoms with E-state index in [2.05, 4.69) is 6.58 Å². The van der Waals surface area contributed by atoms with Crippen molar-refractivity contribution < 1.29 is 9.53 Å². The molecule has 138 valence electrons. The Balaban J connectivity index is 1.65. The van der Waals surface area contributed by atoms with Crippen molar-refractivity contribution in [3.63, 3.8) is 0 Å². The lowest BCUT2D eigenvalue weighted by molar-refractivity contribution is -0.121. The number of carbonyl (C=O) groups is 1. The maximum Gasteiger partial charge on any atom is 0.266 e. The Bertz CT molecular complexity index is 926. The van der Waals surface area contributed by atoms with Gasteiger partial charge in [-0.1, -0.05) is 71.5 Å². The number of thiocarbonyl (C=S) groups is 1. The highest BCUT2D eigenvalue weighted by molar-refractivity contribution is 8.26. The van der Waals surface area contributed by atoms with E-state index in [1.165, 1.54) is 16.7 Å². The molecule has 0 aliphatic carbocycles. The molecule has 27 heavy (non-hydrogen) atoms. The van der Waals surface area contributed by atoms with Crippen molar-refractivity contribution in [3.05, 3.63) is 81.2 Å². The fourth-order valence-corrected chi connectivity index (χ4v) is 3.99. The van der Waals surface area contributed by atoms with Crippen LogP contribution in [0.15, 0.2) is 60.0 Å². The first-order valence-corrected chi connectivity index (χ1v) is 9.99. The maximum atomic E-state index is 12.3. The van der Waals surface area contributed by atoms with Crippen LogP contribution in [0.4, 0.5) is 0 Å². The van der Waals surface area contributed by atoms with Gasteiger partial charge in [0.2, 0.25) is 0 Å². The van der Waals surface area contributed by atoms with Gasteiger partial charge in [0.25, 0.3) is 5.91 Å². The lowest BCUT2D eigenvalue weighted by Gasteiger charge is -2.10. The molecule has 1 saturated heterocycles. The first-order chi connectivity index (χ1) is 13.0. The van der Waals surface area contributed by atoms with Crippen LogP contribution in [0.25, 0.3) is 6.08 Å². The van der Waals surface area contributed by atoms with Crippen molar-refractivity contribution >= 4 is 63.5 Å². The van der Waals surface area contributed by atoms with E-state index in [9.17, 15) is 4.79 Å². The summed E-state index contributed by atoms with van der Waals surface area (Å²) in [5.74, 6) is 0.627. The van der Waals surface area contributed by atoms with Gasteiger partial charge in [-0.3, -0.25) is 9.69 Å². The van der Waals surface area contributed by atoms with Gasteiger partial charge in [-0.05, 0) is 41.5 Å². The Labute approximate surface area is 177 Å². The molecule has 1 fully saturated rings. The third kappa shape index (κ3) is 4.93. The lowest BCUT2D eigenvalue weighted by atomic mass is 10.2. The molecule has 1 aliphatic rings. The lowest BCUT2D eigenvalue weighted by Crippen LogP contribution is -2.27. The quantitative estimate of drug-likeness (QED) is 0.318. The van der Waals surface area contributed by atoms with Crippen molar-refractivity contribution in [2.45, 2.75) is 6.61 Å². The summed E-state index contributed by atoms with van der Waals surface area (Å²) < 4.78 is 6.31. The zero-order chi connectivity index (χ0) is 19.4. The number of hydrogen-bond acceptors (Lipinski definition) is 4. The van der Waals surface area contributed by atoms with E-state index in [4.69, 9.17) is 40.2 Å². The summed E-state index contributed by atoms with van der Waals surface area (Å²) in [6, 6.07) is 12.9. The normalized spacial score (nSPS) is 15.5. The van der Waals surface area contributed by atoms with Gasteiger partial charge in [0.05, 0.1) is 15.0 Å². The predicted octanol–water partition coefficient (Wildman–Crippen LogP) is 5.96. The van der Waals surface area contributed by atoms with E-state index in [1.807, 2.05) is 36.4 Å². The van der Waals surface area contributed by atoms with E-state index in [1.54, 1.807) is 18.2 Å². The number of halogens is 2. The second-order valence-electron chi connectivity index (χ2n) is 5.69. The van der Waals surface area contributed by atoms with Crippen LogP contribution < -0.4 is 4.74 Å². The van der Waals surface area contributed by atoms with Crippen LogP contribution in [0.1, 0.15) is 11.1 Å². The van der Waals surface area contributed by atoms with Crippen LogP contribution >= 0.6 is 47.2 Å². The smallest absolute Gasteiger partial charge is 0.266 e. The Morgan fingerprint density at radius 1 is 1.15 bits per heavy atom.